The van der Waals surface area contributed by atoms with Crippen molar-refractivity contribution < 1.29 is 17.9 Å². The number of ether oxygens (including phenoxy) is 1. The number of nitriles is 1. The molecule has 2 nitrogen and oxygen atoms in total. The number of halogens is 4. The first-order chi connectivity index (χ1) is 9.40. The van der Waals surface area contributed by atoms with Gasteiger partial charge in [0.25, 0.3) is 0 Å². The lowest BCUT2D eigenvalue weighted by Crippen LogP contribution is -2.17. The fourth-order valence-electron chi connectivity index (χ4n) is 1.70. The van der Waals surface area contributed by atoms with E-state index in [1.165, 1.54) is 12.1 Å². The van der Waals surface area contributed by atoms with E-state index in [0.29, 0.717) is 10.6 Å². The Hall–Kier alpha value is -2.19. The Kier molecular flexibility index (Phi) is 3.86. The van der Waals surface area contributed by atoms with Crippen LogP contribution in [0.15, 0.2) is 42.5 Å². The summed E-state index contributed by atoms with van der Waals surface area (Å²) in [6, 6.07) is 12.0. The van der Waals surface area contributed by atoms with Gasteiger partial charge in [-0.15, -0.1) is 13.2 Å². The normalized spacial score (nSPS) is 10.9. The third-order valence-electron chi connectivity index (χ3n) is 2.50. The Morgan fingerprint density at radius 1 is 1.05 bits per heavy atom. The Labute approximate surface area is 118 Å². The van der Waals surface area contributed by atoms with Crippen molar-refractivity contribution >= 4 is 11.6 Å². The highest BCUT2D eigenvalue weighted by atomic mass is 35.5. The smallest absolute Gasteiger partial charge is 0.405 e. The van der Waals surface area contributed by atoms with E-state index in [9.17, 15) is 13.2 Å². The summed E-state index contributed by atoms with van der Waals surface area (Å²) >= 11 is 5.97. The van der Waals surface area contributed by atoms with Crippen LogP contribution in [-0.4, -0.2) is 6.36 Å². The minimum Gasteiger partial charge on any atom is -0.405 e. The van der Waals surface area contributed by atoms with Gasteiger partial charge in [-0.25, -0.2) is 0 Å². The Balaban J connectivity index is 2.58. The molecule has 0 spiro atoms. The van der Waals surface area contributed by atoms with Gasteiger partial charge in [0.05, 0.1) is 11.6 Å². The van der Waals surface area contributed by atoms with Crippen LogP contribution < -0.4 is 4.74 Å². The van der Waals surface area contributed by atoms with Crippen molar-refractivity contribution in [2.45, 2.75) is 6.36 Å². The molecule has 0 N–H and O–H groups in total. The zero-order chi connectivity index (χ0) is 14.8. The molecule has 102 valence electrons. The number of nitrogens with zero attached hydrogens (tertiary/aromatic N) is 1. The lowest BCUT2D eigenvalue weighted by atomic mass is 10.0. The third kappa shape index (κ3) is 3.22. The molecule has 0 bridgehead atoms. The molecule has 20 heavy (non-hydrogen) atoms. The number of hydrogen-bond donors (Lipinski definition) is 0. The van der Waals surface area contributed by atoms with E-state index < -0.39 is 12.1 Å². The molecular weight excluding hydrogens is 291 g/mol. The second kappa shape index (κ2) is 5.43. The van der Waals surface area contributed by atoms with Gasteiger partial charge in [-0.3, -0.25) is 0 Å². The van der Waals surface area contributed by atoms with Gasteiger partial charge in [-0.2, -0.15) is 5.26 Å². The molecule has 0 aromatic heterocycles. The topological polar surface area (TPSA) is 33.0 Å². The first-order valence-electron chi connectivity index (χ1n) is 5.45. The molecule has 6 heteroatoms. The largest absolute Gasteiger partial charge is 0.573 e. The maximum absolute atomic E-state index is 12.4. The molecule has 0 aliphatic carbocycles. The summed E-state index contributed by atoms with van der Waals surface area (Å²) in [7, 11) is 0. The van der Waals surface area contributed by atoms with Crippen molar-refractivity contribution in [2.24, 2.45) is 0 Å². The summed E-state index contributed by atoms with van der Waals surface area (Å²) in [5.41, 5.74) is 0.643. The highest BCUT2D eigenvalue weighted by molar-refractivity contribution is 6.33. The van der Waals surface area contributed by atoms with Crippen LogP contribution in [0.3, 0.4) is 0 Å². The molecule has 0 atom stereocenters. The van der Waals surface area contributed by atoms with Crippen LogP contribution in [-0.2, 0) is 0 Å². The van der Waals surface area contributed by atoms with Crippen LogP contribution in [0.5, 0.6) is 5.75 Å². The van der Waals surface area contributed by atoms with E-state index >= 15 is 0 Å². The molecular formula is C14H7ClF3NO. The van der Waals surface area contributed by atoms with Crippen molar-refractivity contribution in [3.8, 4) is 22.9 Å². The van der Waals surface area contributed by atoms with Crippen molar-refractivity contribution in [2.75, 3.05) is 0 Å². The molecule has 0 radical (unpaired) electrons. The highest BCUT2D eigenvalue weighted by Crippen LogP contribution is 2.37. The maximum atomic E-state index is 12.4. The van der Waals surface area contributed by atoms with Crippen molar-refractivity contribution in [1.82, 2.24) is 0 Å². The van der Waals surface area contributed by atoms with Crippen molar-refractivity contribution in [1.29, 1.82) is 5.26 Å². The van der Waals surface area contributed by atoms with Gasteiger partial charge in [-0.1, -0.05) is 29.8 Å². The SMILES string of the molecule is N#Cc1ccc(-c2ccccc2Cl)c(OC(F)(F)F)c1. The van der Waals surface area contributed by atoms with Crippen LogP contribution in [0.1, 0.15) is 5.56 Å². The lowest BCUT2D eigenvalue weighted by Gasteiger charge is -2.14. The molecule has 2 aromatic rings. The van der Waals surface area contributed by atoms with E-state index in [1.807, 2.05) is 0 Å². The molecule has 0 aliphatic heterocycles. The number of alkyl halides is 3. The van der Waals surface area contributed by atoms with E-state index in [-0.39, 0.29) is 11.1 Å². The van der Waals surface area contributed by atoms with Gasteiger partial charge in [-0.05, 0) is 24.3 Å². The molecule has 0 heterocycles. The van der Waals surface area contributed by atoms with Crippen LogP contribution in [0.2, 0.25) is 5.02 Å². The highest BCUT2D eigenvalue weighted by Gasteiger charge is 2.32. The van der Waals surface area contributed by atoms with Crippen LogP contribution in [0.4, 0.5) is 13.2 Å². The summed E-state index contributed by atoms with van der Waals surface area (Å²) in [4.78, 5) is 0. The van der Waals surface area contributed by atoms with Crippen LogP contribution >= 0.6 is 11.6 Å². The zero-order valence-electron chi connectivity index (χ0n) is 9.91. The first-order valence-corrected chi connectivity index (χ1v) is 5.83. The monoisotopic (exact) mass is 297 g/mol. The molecule has 0 unspecified atom stereocenters. The minimum absolute atomic E-state index is 0.0695. The summed E-state index contributed by atoms with van der Waals surface area (Å²) in [6.07, 6.45) is -4.84. The Bertz CT molecular complexity index is 677. The summed E-state index contributed by atoms with van der Waals surface area (Å²) in [5, 5.41) is 9.06. The molecule has 0 fully saturated rings. The van der Waals surface area contributed by atoms with E-state index in [2.05, 4.69) is 4.74 Å². The predicted molar refractivity (Wildman–Crippen MR) is 68.3 cm³/mol. The molecule has 2 aromatic carbocycles. The Morgan fingerprint density at radius 2 is 1.75 bits per heavy atom. The zero-order valence-corrected chi connectivity index (χ0v) is 10.7. The lowest BCUT2D eigenvalue weighted by molar-refractivity contribution is -0.274. The molecule has 0 saturated heterocycles. The molecule has 0 aliphatic rings. The number of rotatable bonds is 2. The van der Waals surface area contributed by atoms with E-state index in [0.717, 1.165) is 6.07 Å². The van der Waals surface area contributed by atoms with Gasteiger partial charge < -0.3 is 4.74 Å². The summed E-state index contributed by atoms with van der Waals surface area (Å²) in [5.74, 6) is -0.454. The predicted octanol–water partition coefficient (Wildman–Crippen LogP) is 4.78. The van der Waals surface area contributed by atoms with Crippen LogP contribution in [0, 0.1) is 11.3 Å². The quantitative estimate of drug-likeness (QED) is 0.799. The average molecular weight is 298 g/mol. The molecule has 0 saturated carbocycles. The molecule has 2 rings (SSSR count). The van der Waals surface area contributed by atoms with Crippen molar-refractivity contribution in [3.05, 3.63) is 53.1 Å². The summed E-state index contributed by atoms with van der Waals surface area (Å²) < 4.78 is 41.3. The van der Waals surface area contributed by atoms with E-state index in [1.54, 1.807) is 30.3 Å². The van der Waals surface area contributed by atoms with Crippen molar-refractivity contribution in [3.63, 3.8) is 0 Å². The Morgan fingerprint density at radius 3 is 2.35 bits per heavy atom. The number of benzene rings is 2. The van der Waals surface area contributed by atoms with Gasteiger partial charge in [0.2, 0.25) is 0 Å². The first kappa shape index (κ1) is 14.2. The standard InChI is InChI=1S/C14H7ClF3NO/c15-12-4-2-1-3-10(12)11-6-5-9(8-19)7-13(11)20-14(16,17)18/h1-7H. The second-order valence-corrected chi connectivity index (χ2v) is 4.26. The van der Waals surface area contributed by atoms with Gasteiger partial charge in [0, 0.05) is 16.1 Å². The third-order valence-corrected chi connectivity index (χ3v) is 2.83. The average Bonchev–Trinajstić information content (AvgIpc) is 2.38. The van der Waals surface area contributed by atoms with Gasteiger partial charge in [0.15, 0.2) is 0 Å². The number of hydrogen-bond acceptors (Lipinski definition) is 2. The van der Waals surface area contributed by atoms with Crippen LogP contribution in [0.25, 0.3) is 11.1 Å². The maximum Gasteiger partial charge on any atom is 0.573 e. The van der Waals surface area contributed by atoms with E-state index in [4.69, 9.17) is 16.9 Å². The van der Waals surface area contributed by atoms with Gasteiger partial charge >= 0.3 is 6.36 Å². The molecule has 0 amide bonds. The fraction of sp³-hybridized carbons (Fsp3) is 0.0714. The fourth-order valence-corrected chi connectivity index (χ4v) is 1.94. The second-order valence-electron chi connectivity index (χ2n) is 3.85. The summed E-state index contributed by atoms with van der Waals surface area (Å²) in [6.45, 7) is 0. The minimum atomic E-state index is -4.84. The van der Waals surface area contributed by atoms with Gasteiger partial charge in [0.1, 0.15) is 5.75 Å².